The summed E-state index contributed by atoms with van der Waals surface area (Å²) >= 11 is 0. The van der Waals surface area contributed by atoms with Crippen molar-refractivity contribution in [3.63, 3.8) is 0 Å². The molecule has 0 fully saturated rings. The number of benzene rings is 3. The summed E-state index contributed by atoms with van der Waals surface area (Å²) in [6.07, 6.45) is 0.221. The van der Waals surface area contributed by atoms with E-state index in [1.807, 2.05) is 49.4 Å². The Kier molecular flexibility index (Phi) is 6.16. The SMILES string of the molecule is COC(=O)Cc1ccc(F)c(-c2ccc(C)cc2CN[C@H]2c3ccccc3C[C@H]2O)c1. The molecule has 1 aliphatic rings. The van der Waals surface area contributed by atoms with E-state index in [0.29, 0.717) is 24.1 Å². The summed E-state index contributed by atoms with van der Waals surface area (Å²) in [4.78, 5) is 11.7. The number of rotatable bonds is 6. The van der Waals surface area contributed by atoms with Gasteiger partial charge in [0.2, 0.25) is 0 Å². The first-order valence-electron chi connectivity index (χ1n) is 10.4. The van der Waals surface area contributed by atoms with Crippen LogP contribution in [0.1, 0.15) is 33.9 Å². The Bertz CT molecular complexity index is 1110. The highest BCUT2D eigenvalue weighted by atomic mass is 19.1. The van der Waals surface area contributed by atoms with E-state index in [4.69, 9.17) is 4.74 Å². The van der Waals surface area contributed by atoms with Crippen LogP contribution in [0.15, 0.2) is 60.7 Å². The molecule has 160 valence electrons. The molecule has 3 aromatic carbocycles. The van der Waals surface area contributed by atoms with Crippen LogP contribution in [0.5, 0.6) is 0 Å². The number of methoxy groups -OCH3 is 1. The molecule has 0 heterocycles. The number of hydrogen-bond acceptors (Lipinski definition) is 4. The third kappa shape index (κ3) is 4.53. The van der Waals surface area contributed by atoms with Crippen molar-refractivity contribution < 1.29 is 19.0 Å². The van der Waals surface area contributed by atoms with Gasteiger partial charge < -0.3 is 15.2 Å². The summed E-state index contributed by atoms with van der Waals surface area (Å²) < 4.78 is 19.5. The van der Waals surface area contributed by atoms with Gasteiger partial charge in [0, 0.05) is 18.5 Å². The smallest absolute Gasteiger partial charge is 0.309 e. The van der Waals surface area contributed by atoms with Gasteiger partial charge in [0.05, 0.1) is 25.7 Å². The molecule has 0 aliphatic heterocycles. The van der Waals surface area contributed by atoms with Crippen molar-refractivity contribution in [1.82, 2.24) is 5.32 Å². The van der Waals surface area contributed by atoms with Crippen molar-refractivity contribution in [2.24, 2.45) is 0 Å². The number of nitrogens with one attached hydrogen (secondary N) is 1. The second-order valence-electron chi connectivity index (χ2n) is 8.06. The second-order valence-corrected chi connectivity index (χ2v) is 8.06. The molecular weight excluding hydrogens is 393 g/mol. The fourth-order valence-corrected chi connectivity index (χ4v) is 4.30. The predicted molar refractivity (Wildman–Crippen MR) is 118 cm³/mol. The highest BCUT2D eigenvalue weighted by Gasteiger charge is 2.30. The van der Waals surface area contributed by atoms with Crippen LogP contribution in [0.2, 0.25) is 0 Å². The first kappa shape index (κ1) is 21.2. The number of fused-ring (bicyclic) bond motifs is 1. The van der Waals surface area contributed by atoms with Crippen LogP contribution in [0.4, 0.5) is 4.39 Å². The van der Waals surface area contributed by atoms with Crippen LogP contribution in [-0.4, -0.2) is 24.3 Å². The highest BCUT2D eigenvalue weighted by molar-refractivity contribution is 5.75. The molecule has 5 heteroatoms. The number of carbonyl (C=O) groups is 1. The Balaban J connectivity index is 1.63. The maximum Gasteiger partial charge on any atom is 0.309 e. The number of esters is 1. The molecule has 1 aliphatic carbocycles. The van der Waals surface area contributed by atoms with Gasteiger partial charge in [-0.05, 0) is 46.9 Å². The lowest BCUT2D eigenvalue weighted by molar-refractivity contribution is -0.139. The summed E-state index contributed by atoms with van der Waals surface area (Å²) in [6, 6.07) is 18.5. The van der Waals surface area contributed by atoms with Gasteiger partial charge in [-0.1, -0.05) is 54.1 Å². The average molecular weight is 419 g/mol. The topological polar surface area (TPSA) is 58.6 Å². The molecule has 31 heavy (non-hydrogen) atoms. The molecule has 0 unspecified atom stereocenters. The monoisotopic (exact) mass is 419 g/mol. The Morgan fingerprint density at radius 3 is 2.74 bits per heavy atom. The van der Waals surface area contributed by atoms with E-state index < -0.39 is 6.10 Å². The van der Waals surface area contributed by atoms with Crippen molar-refractivity contribution in [3.05, 3.63) is 94.3 Å². The summed E-state index contributed by atoms with van der Waals surface area (Å²) in [5, 5.41) is 14.0. The Morgan fingerprint density at radius 1 is 1.13 bits per heavy atom. The molecule has 4 nitrogen and oxygen atoms in total. The summed E-state index contributed by atoms with van der Waals surface area (Å²) in [5.74, 6) is -0.706. The van der Waals surface area contributed by atoms with Crippen LogP contribution in [0.25, 0.3) is 11.1 Å². The van der Waals surface area contributed by atoms with Crippen molar-refractivity contribution in [3.8, 4) is 11.1 Å². The number of aliphatic hydroxyl groups excluding tert-OH is 1. The molecule has 0 radical (unpaired) electrons. The maximum atomic E-state index is 14.8. The molecule has 0 saturated carbocycles. The summed E-state index contributed by atoms with van der Waals surface area (Å²) in [5.41, 5.74) is 6.18. The van der Waals surface area contributed by atoms with Crippen LogP contribution < -0.4 is 5.32 Å². The van der Waals surface area contributed by atoms with E-state index >= 15 is 0 Å². The molecular formula is C26H26FNO3. The molecule has 2 N–H and O–H groups in total. The van der Waals surface area contributed by atoms with Gasteiger partial charge in [0.25, 0.3) is 0 Å². The first-order chi connectivity index (χ1) is 15.0. The fraction of sp³-hybridized carbons (Fsp3) is 0.269. The molecule has 3 aromatic rings. The van der Waals surface area contributed by atoms with Gasteiger partial charge in [-0.3, -0.25) is 4.79 Å². The number of carbonyl (C=O) groups excluding carboxylic acids is 1. The maximum absolute atomic E-state index is 14.8. The molecule has 0 spiro atoms. The van der Waals surface area contributed by atoms with Gasteiger partial charge in [0.15, 0.2) is 0 Å². The quantitative estimate of drug-likeness (QED) is 0.586. The van der Waals surface area contributed by atoms with E-state index in [-0.39, 0.29) is 24.2 Å². The Labute approximate surface area is 181 Å². The Hall–Kier alpha value is -3.02. The van der Waals surface area contributed by atoms with Crippen LogP contribution >= 0.6 is 0 Å². The minimum atomic E-state index is -0.495. The summed E-state index contributed by atoms with van der Waals surface area (Å²) in [6.45, 7) is 2.48. The first-order valence-corrected chi connectivity index (χ1v) is 10.4. The minimum Gasteiger partial charge on any atom is -0.469 e. The zero-order valence-corrected chi connectivity index (χ0v) is 17.7. The highest BCUT2D eigenvalue weighted by Crippen LogP contribution is 2.33. The van der Waals surface area contributed by atoms with Gasteiger partial charge in [-0.2, -0.15) is 0 Å². The number of hydrogen-bond donors (Lipinski definition) is 2. The third-order valence-corrected chi connectivity index (χ3v) is 5.87. The van der Waals surface area contributed by atoms with E-state index in [1.165, 1.54) is 13.2 Å². The number of aryl methyl sites for hydroxylation is 1. The van der Waals surface area contributed by atoms with Crippen molar-refractivity contribution >= 4 is 5.97 Å². The molecule has 0 bridgehead atoms. The fourth-order valence-electron chi connectivity index (χ4n) is 4.30. The number of aliphatic hydroxyl groups is 1. The zero-order valence-electron chi connectivity index (χ0n) is 17.7. The molecule has 4 rings (SSSR count). The lowest BCUT2D eigenvalue weighted by Gasteiger charge is -2.20. The predicted octanol–water partition coefficient (Wildman–Crippen LogP) is 4.26. The van der Waals surface area contributed by atoms with Crippen molar-refractivity contribution in [2.75, 3.05) is 7.11 Å². The van der Waals surface area contributed by atoms with Crippen LogP contribution in [0, 0.1) is 12.7 Å². The van der Waals surface area contributed by atoms with Crippen LogP contribution in [0.3, 0.4) is 0 Å². The normalized spacial score (nSPS) is 17.4. The lowest BCUT2D eigenvalue weighted by atomic mass is 9.95. The zero-order chi connectivity index (χ0) is 22.0. The van der Waals surface area contributed by atoms with Gasteiger partial charge >= 0.3 is 5.97 Å². The van der Waals surface area contributed by atoms with Gasteiger partial charge in [-0.25, -0.2) is 4.39 Å². The van der Waals surface area contributed by atoms with E-state index in [0.717, 1.165) is 27.8 Å². The van der Waals surface area contributed by atoms with Gasteiger partial charge in [0.1, 0.15) is 5.82 Å². The molecule has 0 amide bonds. The van der Waals surface area contributed by atoms with Crippen molar-refractivity contribution in [2.45, 2.75) is 38.5 Å². The molecule has 2 atom stereocenters. The standard InChI is InChI=1S/C26H26FNO3/c1-16-7-9-20(22-12-17(8-10-23(22)27)13-25(30)31-2)19(11-16)15-28-26-21-6-4-3-5-18(21)14-24(26)29/h3-12,24,26,28-29H,13-15H2,1-2H3/t24-,26+/m1/s1. The second kappa shape index (κ2) is 9.00. The lowest BCUT2D eigenvalue weighted by Crippen LogP contribution is -2.28. The molecule has 0 aromatic heterocycles. The van der Waals surface area contributed by atoms with E-state index in [2.05, 4.69) is 5.32 Å². The van der Waals surface area contributed by atoms with Crippen LogP contribution in [-0.2, 0) is 28.9 Å². The van der Waals surface area contributed by atoms with Crippen molar-refractivity contribution in [1.29, 1.82) is 0 Å². The third-order valence-electron chi connectivity index (χ3n) is 5.87. The molecule has 0 saturated heterocycles. The summed E-state index contributed by atoms with van der Waals surface area (Å²) in [7, 11) is 1.34. The van der Waals surface area contributed by atoms with Gasteiger partial charge in [-0.15, -0.1) is 0 Å². The number of ether oxygens (including phenoxy) is 1. The van der Waals surface area contributed by atoms with E-state index in [1.54, 1.807) is 12.1 Å². The average Bonchev–Trinajstić information content (AvgIpc) is 3.08. The number of halogens is 1. The minimum absolute atomic E-state index is 0.0915. The Morgan fingerprint density at radius 2 is 1.94 bits per heavy atom. The van der Waals surface area contributed by atoms with E-state index in [9.17, 15) is 14.3 Å². The largest absolute Gasteiger partial charge is 0.469 e.